The molecule has 0 aromatic heterocycles. The molecule has 0 aliphatic carbocycles. The molecule has 2 N–H and O–H groups in total. The van der Waals surface area contributed by atoms with Crippen molar-refractivity contribution < 1.29 is 9.53 Å². The number of hydrogen-bond acceptors (Lipinski definition) is 3. The first kappa shape index (κ1) is 17.1. The molecular formula is C17H25ClN2O2. The van der Waals surface area contributed by atoms with Crippen LogP contribution in [0.5, 0.6) is 5.75 Å². The quantitative estimate of drug-likeness (QED) is 0.895. The first-order chi connectivity index (χ1) is 10.1. The van der Waals surface area contributed by atoms with E-state index in [0.29, 0.717) is 18.9 Å². The molecule has 2 aliphatic rings. The minimum atomic E-state index is 0. The van der Waals surface area contributed by atoms with E-state index >= 15 is 0 Å². The zero-order valence-electron chi connectivity index (χ0n) is 13.3. The second-order valence-corrected chi connectivity index (χ2v) is 6.25. The van der Waals surface area contributed by atoms with Crippen molar-refractivity contribution in [2.24, 2.45) is 5.92 Å². The van der Waals surface area contributed by atoms with Gasteiger partial charge >= 0.3 is 0 Å². The summed E-state index contributed by atoms with van der Waals surface area (Å²) in [5.74, 6) is 1.76. The minimum absolute atomic E-state index is 0. The molecule has 3 rings (SSSR count). The maximum Gasteiger partial charge on any atom is 0.220 e. The molecular weight excluding hydrogens is 300 g/mol. The lowest BCUT2D eigenvalue weighted by Crippen LogP contribution is -2.29. The van der Waals surface area contributed by atoms with E-state index < -0.39 is 0 Å². The average Bonchev–Trinajstić information content (AvgIpc) is 3.11. The first-order valence-corrected chi connectivity index (χ1v) is 7.88. The summed E-state index contributed by atoms with van der Waals surface area (Å²) in [4.78, 5) is 12.1. The van der Waals surface area contributed by atoms with Gasteiger partial charge in [-0.3, -0.25) is 4.79 Å². The lowest BCUT2D eigenvalue weighted by Gasteiger charge is -2.13. The predicted octanol–water partition coefficient (Wildman–Crippen LogP) is 2.66. The van der Waals surface area contributed by atoms with Crippen LogP contribution in [0.4, 0.5) is 0 Å². The van der Waals surface area contributed by atoms with Crippen LogP contribution in [0.15, 0.2) is 12.1 Å². The Balaban J connectivity index is 0.00000176. The number of fused-ring (bicyclic) bond motifs is 1. The Morgan fingerprint density at radius 1 is 1.41 bits per heavy atom. The zero-order chi connectivity index (χ0) is 14.8. The van der Waals surface area contributed by atoms with Crippen LogP contribution in [-0.4, -0.2) is 25.6 Å². The Labute approximate surface area is 138 Å². The van der Waals surface area contributed by atoms with Gasteiger partial charge in [-0.1, -0.05) is 12.1 Å². The maximum absolute atomic E-state index is 12.1. The summed E-state index contributed by atoms with van der Waals surface area (Å²) >= 11 is 0. The molecule has 22 heavy (non-hydrogen) atoms. The van der Waals surface area contributed by atoms with E-state index in [4.69, 9.17) is 4.74 Å². The molecule has 0 saturated carbocycles. The van der Waals surface area contributed by atoms with Crippen molar-refractivity contribution >= 4 is 18.3 Å². The Morgan fingerprint density at radius 2 is 2.23 bits per heavy atom. The van der Waals surface area contributed by atoms with Crippen molar-refractivity contribution in [3.63, 3.8) is 0 Å². The molecule has 2 heterocycles. The average molecular weight is 325 g/mol. The number of nitrogens with one attached hydrogen (secondary N) is 2. The van der Waals surface area contributed by atoms with E-state index in [1.807, 2.05) is 0 Å². The second kappa shape index (κ2) is 7.34. The van der Waals surface area contributed by atoms with Crippen molar-refractivity contribution in [2.75, 3.05) is 19.7 Å². The van der Waals surface area contributed by atoms with Gasteiger partial charge in [-0.05, 0) is 56.8 Å². The molecule has 2 atom stereocenters. The number of amides is 1. The van der Waals surface area contributed by atoms with Crippen molar-refractivity contribution in [3.05, 3.63) is 28.8 Å². The summed E-state index contributed by atoms with van der Waals surface area (Å²) in [5.41, 5.74) is 3.53. The van der Waals surface area contributed by atoms with Gasteiger partial charge in [0.05, 0.1) is 6.04 Å². The summed E-state index contributed by atoms with van der Waals surface area (Å²) in [7, 11) is 0. The molecule has 1 aromatic rings. The van der Waals surface area contributed by atoms with E-state index in [2.05, 4.69) is 36.6 Å². The van der Waals surface area contributed by atoms with Gasteiger partial charge in [-0.2, -0.15) is 0 Å². The fraction of sp³-hybridized carbons (Fsp3) is 0.588. The van der Waals surface area contributed by atoms with E-state index in [0.717, 1.165) is 30.8 Å². The smallest absolute Gasteiger partial charge is 0.220 e. The van der Waals surface area contributed by atoms with Gasteiger partial charge < -0.3 is 15.4 Å². The standard InChI is InChI=1S/C17H24N2O2.ClH/c1-11-3-5-14-15(10-21-17(14)12(11)2)19-16(20)6-4-13-7-8-18-9-13;/h3,5,13,15,18H,4,6-10H2,1-2H3,(H,19,20);1H. The van der Waals surface area contributed by atoms with Crippen molar-refractivity contribution in [1.82, 2.24) is 10.6 Å². The number of rotatable bonds is 4. The molecule has 0 radical (unpaired) electrons. The van der Waals surface area contributed by atoms with Gasteiger partial charge in [0.25, 0.3) is 0 Å². The fourth-order valence-corrected chi connectivity index (χ4v) is 3.22. The van der Waals surface area contributed by atoms with Crippen LogP contribution in [0.25, 0.3) is 0 Å². The minimum Gasteiger partial charge on any atom is -0.490 e. The first-order valence-electron chi connectivity index (χ1n) is 7.88. The third-order valence-electron chi connectivity index (χ3n) is 4.75. The Kier molecular flexibility index (Phi) is 5.70. The molecule has 0 bridgehead atoms. The summed E-state index contributed by atoms with van der Waals surface area (Å²) in [5, 5.41) is 6.46. The number of ether oxygens (including phenoxy) is 1. The second-order valence-electron chi connectivity index (χ2n) is 6.25. The molecule has 1 amide bonds. The van der Waals surface area contributed by atoms with Gasteiger partial charge in [0.1, 0.15) is 12.4 Å². The predicted molar refractivity (Wildman–Crippen MR) is 89.8 cm³/mol. The van der Waals surface area contributed by atoms with Crippen LogP contribution in [0.1, 0.15) is 42.0 Å². The molecule has 1 saturated heterocycles. The zero-order valence-corrected chi connectivity index (χ0v) is 14.1. The molecule has 1 aromatic carbocycles. The third kappa shape index (κ3) is 3.55. The van der Waals surface area contributed by atoms with Crippen LogP contribution >= 0.6 is 12.4 Å². The topological polar surface area (TPSA) is 50.4 Å². The third-order valence-corrected chi connectivity index (χ3v) is 4.75. The van der Waals surface area contributed by atoms with Crippen LogP contribution in [0.2, 0.25) is 0 Å². The van der Waals surface area contributed by atoms with Crippen molar-refractivity contribution in [1.29, 1.82) is 0 Å². The van der Waals surface area contributed by atoms with Crippen LogP contribution < -0.4 is 15.4 Å². The SMILES string of the molecule is Cc1ccc2c(c1C)OCC2NC(=O)CCC1CCNC1.Cl. The molecule has 4 nitrogen and oxygen atoms in total. The van der Waals surface area contributed by atoms with E-state index in [-0.39, 0.29) is 24.4 Å². The lowest BCUT2D eigenvalue weighted by atomic mass is 10.0. The van der Waals surface area contributed by atoms with E-state index in [1.54, 1.807) is 0 Å². The maximum atomic E-state index is 12.1. The van der Waals surface area contributed by atoms with Gasteiger partial charge in [0.15, 0.2) is 0 Å². The highest BCUT2D eigenvalue weighted by atomic mass is 35.5. The number of carbonyl (C=O) groups excluding carboxylic acids is 1. The van der Waals surface area contributed by atoms with Crippen LogP contribution in [0.3, 0.4) is 0 Å². The Hall–Kier alpha value is -1.26. The van der Waals surface area contributed by atoms with Crippen LogP contribution in [0, 0.1) is 19.8 Å². The summed E-state index contributed by atoms with van der Waals surface area (Å²) in [6.07, 6.45) is 2.79. The lowest BCUT2D eigenvalue weighted by molar-refractivity contribution is -0.122. The normalized spacial score (nSPS) is 22.6. The number of aryl methyl sites for hydroxylation is 1. The van der Waals surface area contributed by atoms with Gasteiger partial charge in [-0.15, -0.1) is 12.4 Å². The Bertz CT molecular complexity index is 542. The van der Waals surface area contributed by atoms with Crippen molar-refractivity contribution in [3.8, 4) is 5.75 Å². The molecule has 2 aliphatic heterocycles. The molecule has 0 spiro atoms. The molecule has 1 fully saturated rings. The summed E-state index contributed by atoms with van der Waals surface area (Å²) in [6, 6.07) is 4.19. The van der Waals surface area contributed by atoms with Crippen molar-refractivity contribution in [2.45, 2.75) is 39.2 Å². The largest absolute Gasteiger partial charge is 0.490 e. The molecule has 5 heteroatoms. The highest BCUT2D eigenvalue weighted by Gasteiger charge is 2.27. The molecule has 122 valence electrons. The highest BCUT2D eigenvalue weighted by Crippen LogP contribution is 2.36. The summed E-state index contributed by atoms with van der Waals surface area (Å²) in [6.45, 7) is 6.86. The van der Waals surface area contributed by atoms with Gasteiger partial charge in [-0.25, -0.2) is 0 Å². The van der Waals surface area contributed by atoms with E-state index in [1.165, 1.54) is 17.5 Å². The number of hydrogen-bond donors (Lipinski definition) is 2. The van der Waals surface area contributed by atoms with Gasteiger partial charge in [0, 0.05) is 12.0 Å². The number of carbonyl (C=O) groups is 1. The fourth-order valence-electron chi connectivity index (χ4n) is 3.22. The highest BCUT2D eigenvalue weighted by molar-refractivity contribution is 5.85. The number of benzene rings is 1. The van der Waals surface area contributed by atoms with Crippen LogP contribution in [-0.2, 0) is 4.79 Å². The molecule has 2 unspecified atom stereocenters. The monoisotopic (exact) mass is 324 g/mol. The number of halogens is 1. The van der Waals surface area contributed by atoms with E-state index in [9.17, 15) is 4.79 Å². The Morgan fingerprint density at radius 3 is 2.95 bits per heavy atom. The summed E-state index contributed by atoms with van der Waals surface area (Å²) < 4.78 is 5.78. The van der Waals surface area contributed by atoms with Gasteiger partial charge in [0.2, 0.25) is 5.91 Å².